The van der Waals surface area contributed by atoms with Crippen LogP contribution in [0, 0.1) is 5.92 Å². The van der Waals surface area contributed by atoms with Crippen LogP contribution in [0.2, 0.25) is 0 Å². The summed E-state index contributed by atoms with van der Waals surface area (Å²) in [5.74, 6) is 0.250. The Morgan fingerprint density at radius 3 is 2.30 bits per heavy atom. The number of nitrogens with two attached hydrogens (primary N) is 1. The van der Waals surface area contributed by atoms with Gasteiger partial charge < -0.3 is 10.5 Å². The largest absolute Gasteiger partial charge is 0.465 e. The van der Waals surface area contributed by atoms with Crippen LogP contribution in [0.4, 0.5) is 0 Å². The Balaban J connectivity index is 0.00000361. The van der Waals surface area contributed by atoms with E-state index in [-0.39, 0.29) is 24.3 Å². The number of carbonyl (C=O) groups excluding carboxylic acids is 1. The van der Waals surface area contributed by atoms with Gasteiger partial charge in [-0.15, -0.1) is 12.4 Å². The number of halogens is 1. The van der Waals surface area contributed by atoms with E-state index < -0.39 is 0 Å². The van der Waals surface area contributed by atoms with E-state index >= 15 is 0 Å². The lowest BCUT2D eigenvalue weighted by Crippen LogP contribution is -2.15. The molecule has 0 saturated carbocycles. The first-order valence-electron chi connectivity index (χ1n) is 7.00. The molecule has 0 saturated heterocycles. The fourth-order valence-electron chi connectivity index (χ4n) is 1.93. The van der Waals surface area contributed by atoms with Crippen LogP contribution in [-0.4, -0.2) is 19.1 Å². The molecular formula is C16H26ClNO2. The van der Waals surface area contributed by atoms with Crippen molar-refractivity contribution < 1.29 is 9.53 Å². The van der Waals surface area contributed by atoms with Gasteiger partial charge in [0.25, 0.3) is 0 Å². The molecule has 0 heterocycles. The van der Waals surface area contributed by atoms with E-state index in [9.17, 15) is 4.79 Å². The number of esters is 1. The molecule has 0 spiro atoms. The van der Waals surface area contributed by atoms with Crippen molar-refractivity contribution in [1.29, 1.82) is 0 Å². The molecule has 0 aliphatic heterocycles. The molecule has 1 aromatic carbocycles. The van der Waals surface area contributed by atoms with E-state index in [4.69, 9.17) is 10.5 Å². The Labute approximate surface area is 128 Å². The summed E-state index contributed by atoms with van der Waals surface area (Å²) < 4.78 is 5.17. The SMILES string of the molecule is CC(C)Cc1ccc(C(C)C(=O)OCCCN)cc1.Cl. The van der Waals surface area contributed by atoms with Crippen LogP contribution in [-0.2, 0) is 16.0 Å². The van der Waals surface area contributed by atoms with Gasteiger partial charge in [0.2, 0.25) is 0 Å². The molecule has 0 bridgehead atoms. The molecule has 20 heavy (non-hydrogen) atoms. The molecule has 1 unspecified atom stereocenters. The van der Waals surface area contributed by atoms with Crippen LogP contribution in [0.1, 0.15) is 44.2 Å². The molecule has 2 N–H and O–H groups in total. The van der Waals surface area contributed by atoms with E-state index in [1.807, 2.05) is 19.1 Å². The van der Waals surface area contributed by atoms with Crippen LogP contribution in [0.25, 0.3) is 0 Å². The van der Waals surface area contributed by atoms with Crippen molar-refractivity contribution in [3.63, 3.8) is 0 Å². The molecular weight excluding hydrogens is 274 g/mol. The van der Waals surface area contributed by atoms with Crippen molar-refractivity contribution in [3.05, 3.63) is 35.4 Å². The van der Waals surface area contributed by atoms with Crippen molar-refractivity contribution in [2.45, 2.75) is 39.5 Å². The van der Waals surface area contributed by atoms with Gasteiger partial charge in [0.1, 0.15) is 0 Å². The van der Waals surface area contributed by atoms with Gasteiger partial charge in [-0.05, 0) is 43.4 Å². The van der Waals surface area contributed by atoms with Crippen LogP contribution in [0.3, 0.4) is 0 Å². The molecule has 114 valence electrons. The van der Waals surface area contributed by atoms with Gasteiger partial charge in [-0.3, -0.25) is 4.79 Å². The average Bonchev–Trinajstić information content (AvgIpc) is 2.38. The first-order chi connectivity index (χ1) is 9.04. The molecule has 0 aromatic heterocycles. The third-order valence-electron chi connectivity index (χ3n) is 3.07. The summed E-state index contributed by atoms with van der Waals surface area (Å²) in [5.41, 5.74) is 7.68. The molecule has 3 nitrogen and oxygen atoms in total. The maximum atomic E-state index is 11.8. The topological polar surface area (TPSA) is 52.3 Å². The summed E-state index contributed by atoms with van der Waals surface area (Å²) >= 11 is 0. The van der Waals surface area contributed by atoms with Crippen molar-refractivity contribution in [1.82, 2.24) is 0 Å². The fourth-order valence-corrected chi connectivity index (χ4v) is 1.93. The quantitative estimate of drug-likeness (QED) is 0.621. The summed E-state index contributed by atoms with van der Waals surface area (Å²) in [5, 5.41) is 0. The molecule has 4 heteroatoms. The van der Waals surface area contributed by atoms with E-state index in [1.165, 1.54) is 5.56 Å². The predicted molar refractivity (Wildman–Crippen MR) is 85.3 cm³/mol. The third kappa shape index (κ3) is 6.40. The maximum absolute atomic E-state index is 11.8. The lowest BCUT2D eigenvalue weighted by molar-refractivity contribution is -0.145. The molecule has 0 fully saturated rings. The first-order valence-corrected chi connectivity index (χ1v) is 7.00. The zero-order chi connectivity index (χ0) is 14.3. The molecule has 0 aliphatic carbocycles. The van der Waals surface area contributed by atoms with Gasteiger partial charge in [-0.2, -0.15) is 0 Å². The summed E-state index contributed by atoms with van der Waals surface area (Å²) in [6, 6.07) is 8.23. The van der Waals surface area contributed by atoms with Crippen molar-refractivity contribution in [2.75, 3.05) is 13.2 Å². The van der Waals surface area contributed by atoms with E-state index in [1.54, 1.807) is 0 Å². The number of carbonyl (C=O) groups is 1. The standard InChI is InChI=1S/C16H25NO2.ClH/c1-12(2)11-14-5-7-15(8-6-14)13(3)16(18)19-10-4-9-17;/h5-8,12-13H,4,9-11,17H2,1-3H3;1H. The van der Waals surface area contributed by atoms with E-state index in [0.717, 1.165) is 12.0 Å². The van der Waals surface area contributed by atoms with Crippen LogP contribution >= 0.6 is 12.4 Å². The highest BCUT2D eigenvalue weighted by Crippen LogP contribution is 2.18. The van der Waals surface area contributed by atoms with Crippen molar-refractivity contribution in [2.24, 2.45) is 11.7 Å². The minimum Gasteiger partial charge on any atom is -0.465 e. The Hall–Kier alpha value is -1.06. The van der Waals surface area contributed by atoms with Crippen molar-refractivity contribution >= 4 is 18.4 Å². The van der Waals surface area contributed by atoms with Gasteiger partial charge in [0.05, 0.1) is 12.5 Å². The van der Waals surface area contributed by atoms with Gasteiger partial charge >= 0.3 is 5.97 Å². The summed E-state index contributed by atoms with van der Waals surface area (Å²) in [7, 11) is 0. The summed E-state index contributed by atoms with van der Waals surface area (Å²) in [4.78, 5) is 11.8. The normalized spacial score (nSPS) is 11.8. The van der Waals surface area contributed by atoms with Crippen LogP contribution in [0.5, 0.6) is 0 Å². The summed E-state index contributed by atoms with van der Waals surface area (Å²) in [6.45, 7) is 7.23. The molecule has 1 rings (SSSR count). The van der Waals surface area contributed by atoms with Gasteiger partial charge in [-0.25, -0.2) is 0 Å². The van der Waals surface area contributed by atoms with Gasteiger partial charge in [0, 0.05) is 0 Å². The molecule has 0 radical (unpaired) electrons. The first kappa shape index (κ1) is 18.9. The second-order valence-electron chi connectivity index (χ2n) is 5.37. The Bertz CT molecular complexity index is 390. The van der Waals surface area contributed by atoms with E-state index in [2.05, 4.69) is 26.0 Å². The lowest BCUT2D eigenvalue weighted by atomic mass is 9.97. The lowest BCUT2D eigenvalue weighted by Gasteiger charge is -2.12. The van der Waals surface area contributed by atoms with Crippen LogP contribution in [0.15, 0.2) is 24.3 Å². The number of ether oxygens (including phenoxy) is 1. The number of hydrogen-bond acceptors (Lipinski definition) is 3. The highest BCUT2D eigenvalue weighted by Gasteiger charge is 2.16. The van der Waals surface area contributed by atoms with Gasteiger partial charge in [0.15, 0.2) is 0 Å². The minimum absolute atomic E-state index is 0. The van der Waals surface area contributed by atoms with Crippen molar-refractivity contribution in [3.8, 4) is 0 Å². The predicted octanol–water partition coefficient (Wildman–Crippen LogP) is 3.30. The highest BCUT2D eigenvalue weighted by atomic mass is 35.5. The Kier molecular flexibility index (Phi) is 9.26. The summed E-state index contributed by atoms with van der Waals surface area (Å²) in [6.07, 6.45) is 1.78. The smallest absolute Gasteiger partial charge is 0.313 e. The zero-order valence-electron chi connectivity index (χ0n) is 12.6. The second kappa shape index (κ2) is 9.78. The fraction of sp³-hybridized carbons (Fsp3) is 0.562. The third-order valence-corrected chi connectivity index (χ3v) is 3.07. The second-order valence-corrected chi connectivity index (χ2v) is 5.37. The minimum atomic E-state index is -0.217. The molecule has 0 amide bonds. The molecule has 1 atom stereocenters. The number of hydrogen-bond donors (Lipinski definition) is 1. The Morgan fingerprint density at radius 1 is 1.20 bits per heavy atom. The molecule has 1 aromatic rings. The van der Waals surface area contributed by atoms with Gasteiger partial charge in [-0.1, -0.05) is 38.1 Å². The average molecular weight is 300 g/mol. The number of rotatable bonds is 7. The highest BCUT2D eigenvalue weighted by molar-refractivity contribution is 5.85. The Morgan fingerprint density at radius 2 is 1.80 bits per heavy atom. The van der Waals surface area contributed by atoms with E-state index in [0.29, 0.717) is 25.5 Å². The number of benzene rings is 1. The van der Waals surface area contributed by atoms with Crippen LogP contribution < -0.4 is 5.73 Å². The zero-order valence-corrected chi connectivity index (χ0v) is 13.4. The maximum Gasteiger partial charge on any atom is 0.313 e. The molecule has 0 aliphatic rings. The monoisotopic (exact) mass is 299 g/mol.